The molecule has 0 saturated heterocycles. The van der Waals surface area contributed by atoms with Crippen molar-refractivity contribution in [1.29, 1.82) is 0 Å². The summed E-state index contributed by atoms with van der Waals surface area (Å²) >= 11 is 10.5. The Hall–Kier alpha value is -2.98. The Morgan fingerprint density at radius 1 is 0.833 bits per heavy atom. The molecule has 0 radical (unpaired) electrons. The summed E-state index contributed by atoms with van der Waals surface area (Å²) in [7, 11) is 2.97. The zero-order valence-electron chi connectivity index (χ0n) is 16.5. The van der Waals surface area contributed by atoms with Crippen LogP contribution in [0, 0.1) is 17.6 Å². The Balaban J connectivity index is 1.95. The van der Waals surface area contributed by atoms with Gasteiger partial charge in [0.2, 0.25) is 0 Å². The summed E-state index contributed by atoms with van der Waals surface area (Å²) in [6.07, 6.45) is 0. The van der Waals surface area contributed by atoms with E-state index in [-0.39, 0.29) is 9.98 Å². The van der Waals surface area contributed by atoms with Crippen LogP contribution in [0.4, 0.5) is 8.78 Å². The highest BCUT2D eigenvalue weighted by Gasteiger charge is 2.25. The van der Waals surface area contributed by atoms with Crippen LogP contribution in [-0.4, -0.2) is 45.9 Å². The van der Waals surface area contributed by atoms with Crippen molar-refractivity contribution in [2.45, 2.75) is 6.92 Å². The molecule has 0 spiro atoms. The van der Waals surface area contributed by atoms with Gasteiger partial charge in [-0.2, -0.15) is 0 Å². The van der Waals surface area contributed by atoms with Crippen molar-refractivity contribution in [3.8, 4) is 0 Å². The molecule has 2 amide bonds. The van der Waals surface area contributed by atoms with Gasteiger partial charge in [0.05, 0.1) is 0 Å². The standard InChI is InChI=1S/C20H20F2N4O2S2/c1-12(17(27)23-25(2)19(29)13-6-4-8-15(21)10-13)18(28)24-26(3)20(30)14-7-5-9-16(22)11-14/h4-12H,1-3H3,(H,23,27)(H,24,28). The number of rotatable bonds is 4. The molecular formula is C20H20F2N4O2S2. The molecule has 0 aliphatic carbocycles. The Morgan fingerprint density at radius 2 is 1.20 bits per heavy atom. The van der Waals surface area contributed by atoms with Gasteiger partial charge >= 0.3 is 0 Å². The van der Waals surface area contributed by atoms with Gasteiger partial charge in [0.15, 0.2) is 0 Å². The van der Waals surface area contributed by atoms with Crippen LogP contribution < -0.4 is 10.9 Å². The summed E-state index contributed by atoms with van der Waals surface area (Å²) in [6, 6.07) is 11.2. The van der Waals surface area contributed by atoms with Crippen molar-refractivity contribution >= 4 is 46.2 Å². The third-order valence-electron chi connectivity index (χ3n) is 4.09. The van der Waals surface area contributed by atoms with E-state index in [2.05, 4.69) is 10.9 Å². The minimum atomic E-state index is -1.10. The molecule has 2 aromatic rings. The first-order valence-corrected chi connectivity index (χ1v) is 9.60. The Labute approximate surface area is 183 Å². The summed E-state index contributed by atoms with van der Waals surface area (Å²) in [5.74, 6) is -3.27. The van der Waals surface area contributed by atoms with Crippen molar-refractivity contribution in [1.82, 2.24) is 20.9 Å². The molecule has 158 valence electrons. The molecule has 0 aliphatic heterocycles. The molecule has 6 nitrogen and oxygen atoms in total. The fourth-order valence-corrected chi connectivity index (χ4v) is 2.72. The zero-order valence-corrected chi connectivity index (χ0v) is 18.1. The molecule has 2 rings (SSSR count). The number of nitrogens with zero attached hydrogens (tertiary/aromatic N) is 2. The molecule has 0 aliphatic rings. The van der Waals surface area contributed by atoms with Crippen molar-refractivity contribution in [3.05, 3.63) is 71.3 Å². The fraction of sp³-hybridized carbons (Fsp3) is 0.200. The van der Waals surface area contributed by atoms with Crippen molar-refractivity contribution in [3.63, 3.8) is 0 Å². The van der Waals surface area contributed by atoms with Crippen molar-refractivity contribution in [2.75, 3.05) is 14.1 Å². The number of carbonyl (C=O) groups excluding carboxylic acids is 2. The first-order valence-electron chi connectivity index (χ1n) is 8.78. The number of halogens is 2. The third-order valence-corrected chi connectivity index (χ3v) is 5.11. The maximum Gasteiger partial charge on any atom is 0.250 e. The van der Waals surface area contributed by atoms with Gasteiger partial charge in [0.1, 0.15) is 27.5 Å². The van der Waals surface area contributed by atoms with Crippen LogP contribution in [0.1, 0.15) is 18.1 Å². The number of hydrogen-bond acceptors (Lipinski definition) is 4. The van der Waals surface area contributed by atoms with E-state index in [4.69, 9.17) is 24.4 Å². The highest BCUT2D eigenvalue weighted by molar-refractivity contribution is 7.80. The molecule has 0 heterocycles. The highest BCUT2D eigenvalue weighted by atomic mass is 32.1. The lowest BCUT2D eigenvalue weighted by Gasteiger charge is -2.25. The van der Waals surface area contributed by atoms with Crippen LogP contribution in [0.2, 0.25) is 0 Å². The molecule has 0 atom stereocenters. The second-order valence-electron chi connectivity index (χ2n) is 6.42. The predicted molar refractivity (Wildman–Crippen MR) is 117 cm³/mol. The average Bonchev–Trinajstić information content (AvgIpc) is 2.71. The molecule has 0 aromatic heterocycles. The van der Waals surface area contributed by atoms with Crippen molar-refractivity contribution in [2.24, 2.45) is 5.92 Å². The lowest BCUT2D eigenvalue weighted by Crippen LogP contribution is -2.51. The average molecular weight is 451 g/mol. The van der Waals surface area contributed by atoms with Gasteiger partial charge in [-0.1, -0.05) is 48.7 Å². The SMILES string of the molecule is CC(C(=O)NN(C)C(=S)c1cccc(F)c1)C(=O)NN(C)C(=S)c1cccc(F)c1. The molecule has 0 unspecified atom stereocenters. The Bertz CT molecular complexity index is 909. The lowest BCUT2D eigenvalue weighted by atomic mass is 10.1. The third kappa shape index (κ3) is 6.01. The minimum Gasteiger partial charge on any atom is -0.277 e. The van der Waals surface area contributed by atoms with Crippen LogP contribution in [0.25, 0.3) is 0 Å². The number of amides is 2. The molecule has 2 N–H and O–H groups in total. The largest absolute Gasteiger partial charge is 0.277 e. The van der Waals surface area contributed by atoms with Gasteiger partial charge in [0.25, 0.3) is 11.8 Å². The summed E-state index contributed by atoms with van der Waals surface area (Å²) in [4.78, 5) is 25.2. The summed E-state index contributed by atoms with van der Waals surface area (Å²) in [5.41, 5.74) is 5.79. The minimum absolute atomic E-state index is 0.180. The number of carbonyl (C=O) groups is 2. The van der Waals surface area contributed by atoms with Gasteiger partial charge in [-0.05, 0) is 31.2 Å². The van der Waals surface area contributed by atoms with E-state index >= 15 is 0 Å². The molecule has 2 aromatic carbocycles. The van der Waals surface area contributed by atoms with Crippen LogP contribution in [0.15, 0.2) is 48.5 Å². The number of hydrogen-bond donors (Lipinski definition) is 2. The summed E-state index contributed by atoms with van der Waals surface area (Å²) in [6.45, 7) is 1.41. The molecule has 0 saturated carbocycles. The molecule has 0 fully saturated rings. The van der Waals surface area contributed by atoms with Crippen LogP contribution in [0.3, 0.4) is 0 Å². The number of nitrogens with one attached hydrogen (secondary N) is 2. The first-order chi connectivity index (χ1) is 14.1. The van der Waals surface area contributed by atoms with E-state index in [0.717, 1.165) is 0 Å². The molecule has 0 bridgehead atoms. The van der Waals surface area contributed by atoms with Crippen LogP contribution in [0.5, 0.6) is 0 Å². The Kier molecular flexibility index (Phi) is 7.90. The second kappa shape index (κ2) is 10.2. The summed E-state index contributed by atoms with van der Waals surface area (Å²) < 4.78 is 26.7. The number of hydrazine groups is 2. The first kappa shape index (κ1) is 23.3. The maximum absolute atomic E-state index is 13.4. The van der Waals surface area contributed by atoms with Crippen LogP contribution in [-0.2, 0) is 9.59 Å². The van der Waals surface area contributed by atoms with Gasteiger partial charge in [-0.3, -0.25) is 30.5 Å². The molecule has 10 heteroatoms. The number of benzene rings is 2. The van der Waals surface area contributed by atoms with Gasteiger partial charge < -0.3 is 0 Å². The molecular weight excluding hydrogens is 430 g/mol. The highest BCUT2D eigenvalue weighted by Crippen LogP contribution is 2.09. The van der Waals surface area contributed by atoms with E-state index in [0.29, 0.717) is 11.1 Å². The van der Waals surface area contributed by atoms with Crippen molar-refractivity contribution < 1.29 is 18.4 Å². The topological polar surface area (TPSA) is 64.7 Å². The van der Waals surface area contributed by atoms with Gasteiger partial charge in [-0.15, -0.1) is 0 Å². The van der Waals surface area contributed by atoms with E-state index in [1.54, 1.807) is 12.1 Å². The monoisotopic (exact) mass is 450 g/mol. The molecule has 30 heavy (non-hydrogen) atoms. The quantitative estimate of drug-likeness (QED) is 0.424. The maximum atomic E-state index is 13.4. The van der Waals surface area contributed by atoms with Gasteiger partial charge in [-0.25, -0.2) is 8.78 Å². The van der Waals surface area contributed by atoms with Crippen LogP contribution >= 0.6 is 24.4 Å². The second-order valence-corrected chi connectivity index (χ2v) is 7.20. The van der Waals surface area contributed by atoms with Gasteiger partial charge in [0, 0.05) is 25.2 Å². The summed E-state index contributed by atoms with van der Waals surface area (Å²) in [5, 5.41) is 2.47. The van der Waals surface area contributed by atoms with E-state index in [1.807, 2.05) is 0 Å². The Morgan fingerprint density at radius 3 is 1.53 bits per heavy atom. The van der Waals surface area contributed by atoms with E-state index in [1.165, 1.54) is 67.4 Å². The smallest absolute Gasteiger partial charge is 0.250 e. The zero-order chi connectivity index (χ0) is 22.4. The predicted octanol–water partition coefficient (Wildman–Crippen LogP) is 2.58. The lowest BCUT2D eigenvalue weighted by molar-refractivity contribution is -0.137. The fourth-order valence-electron chi connectivity index (χ4n) is 2.38. The van der Waals surface area contributed by atoms with E-state index in [9.17, 15) is 18.4 Å². The number of thiocarbonyl (C=S) groups is 2. The normalized spacial score (nSPS) is 10.3. The van der Waals surface area contributed by atoms with E-state index < -0.39 is 29.4 Å².